The first-order chi connectivity index (χ1) is 22.6. The van der Waals surface area contributed by atoms with Gasteiger partial charge in [0.25, 0.3) is 5.91 Å². The van der Waals surface area contributed by atoms with Crippen LogP contribution in [-0.2, 0) is 9.59 Å². The first kappa shape index (κ1) is 38.4. The third-order valence-corrected chi connectivity index (χ3v) is 14.0. The number of benzene rings is 1. The van der Waals surface area contributed by atoms with Gasteiger partial charge >= 0.3 is 0 Å². The average molecular weight is 664 g/mol. The summed E-state index contributed by atoms with van der Waals surface area (Å²) in [5.74, 6) is 1.81. The van der Waals surface area contributed by atoms with E-state index < -0.39 is 0 Å². The Morgan fingerprint density at radius 2 is 0.875 bits per heavy atom. The Morgan fingerprint density at radius 1 is 0.542 bits per heavy atom. The molecule has 1 aromatic carbocycles. The van der Waals surface area contributed by atoms with Gasteiger partial charge < -0.3 is 16.0 Å². The molecule has 6 heteroatoms. The van der Waals surface area contributed by atoms with Crippen molar-refractivity contribution in [3.63, 3.8) is 0 Å². The molecular weight excluding hydrogens is 594 g/mol. The summed E-state index contributed by atoms with van der Waals surface area (Å²) in [6, 6.07) is 5.56. The van der Waals surface area contributed by atoms with E-state index in [1.165, 1.54) is 0 Å². The van der Waals surface area contributed by atoms with E-state index in [0.717, 1.165) is 96.3 Å². The molecule has 0 aromatic heterocycles. The predicted octanol–water partition coefficient (Wildman–Crippen LogP) is 10.8. The third-order valence-electron chi connectivity index (χ3n) is 14.0. The van der Waals surface area contributed by atoms with Crippen LogP contribution >= 0.6 is 0 Å². The van der Waals surface area contributed by atoms with Gasteiger partial charge in [-0.3, -0.25) is 14.4 Å². The van der Waals surface area contributed by atoms with Gasteiger partial charge in [0, 0.05) is 34.8 Å². The highest BCUT2D eigenvalue weighted by Gasteiger charge is 2.36. The highest BCUT2D eigenvalue weighted by atomic mass is 16.2. The van der Waals surface area contributed by atoms with Crippen molar-refractivity contribution < 1.29 is 14.4 Å². The number of anilines is 2. The SMILES string of the molecule is CCC(C)(C)[C@H]1CC[C@@H](NC(=O)c2cc(NC(=O)[C@H]3CC[C@@H](C(C)(C)CC)CC3)cc(NC(=O)[C@H]3CC[C@@H](C(C)(C)CC)CC3)c2)CC1. The third kappa shape index (κ3) is 9.65. The van der Waals surface area contributed by atoms with Crippen molar-refractivity contribution in [1.29, 1.82) is 0 Å². The van der Waals surface area contributed by atoms with Crippen LogP contribution in [0.4, 0.5) is 11.4 Å². The van der Waals surface area contributed by atoms with Gasteiger partial charge in [-0.25, -0.2) is 0 Å². The van der Waals surface area contributed by atoms with Crippen LogP contribution in [0.5, 0.6) is 0 Å². The fourth-order valence-corrected chi connectivity index (χ4v) is 8.82. The van der Waals surface area contributed by atoms with Crippen molar-refractivity contribution in [2.24, 2.45) is 45.8 Å². The van der Waals surface area contributed by atoms with Crippen molar-refractivity contribution in [3.05, 3.63) is 23.8 Å². The molecule has 6 nitrogen and oxygen atoms in total. The van der Waals surface area contributed by atoms with Crippen LogP contribution in [0.2, 0.25) is 0 Å². The van der Waals surface area contributed by atoms with Gasteiger partial charge in [0.2, 0.25) is 11.8 Å². The second-order valence-electron chi connectivity index (χ2n) is 17.9. The van der Waals surface area contributed by atoms with E-state index in [9.17, 15) is 14.4 Å². The van der Waals surface area contributed by atoms with E-state index in [1.54, 1.807) is 12.1 Å². The molecule has 0 saturated heterocycles. The van der Waals surface area contributed by atoms with Crippen LogP contribution in [0.15, 0.2) is 18.2 Å². The second-order valence-corrected chi connectivity index (χ2v) is 17.9. The molecule has 3 fully saturated rings. The summed E-state index contributed by atoms with van der Waals surface area (Å²) in [5.41, 5.74) is 2.58. The molecule has 0 unspecified atom stereocenters. The first-order valence-corrected chi connectivity index (χ1v) is 19.7. The highest BCUT2D eigenvalue weighted by Crippen LogP contribution is 2.44. The molecule has 4 rings (SSSR count). The van der Waals surface area contributed by atoms with Crippen molar-refractivity contribution in [1.82, 2.24) is 5.32 Å². The van der Waals surface area contributed by atoms with Crippen LogP contribution in [0.3, 0.4) is 0 Å². The molecule has 1 aromatic rings. The van der Waals surface area contributed by atoms with Crippen LogP contribution in [0.25, 0.3) is 0 Å². The Balaban J connectivity index is 1.45. The number of rotatable bonds is 12. The number of hydrogen-bond donors (Lipinski definition) is 3. The number of hydrogen-bond acceptors (Lipinski definition) is 3. The Bertz CT molecular complexity index is 1170. The molecule has 3 amide bonds. The number of carbonyl (C=O) groups excluding carboxylic acids is 3. The number of nitrogens with one attached hydrogen (secondary N) is 3. The molecule has 0 radical (unpaired) electrons. The Labute approximate surface area is 293 Å². The summed E-state index contributed by atoms with van der Waals surface area (Å²) in [5, 5.41) is 9.62. The van der Waals surface area contributed by atoms with Crippen LogP contribution < -0.4 is 16.0 Å². The molecule has 0 atom stereocenters. The lowest BCUT2D eigenvalue weighted by Crippen LogP contribution is -2.40. The van der Waals surface area contributed by atoms with Crippen molar-refractivity contribution in [2.45, 2.75) is 165 Å². The fourth-order valence-electron chi connectivity index (χ4n) is 8.82. The first-order valence-electron chi connectivity index (χ1n) is 19.7. The van der Waals surface area contributed by atoms with E-state index in [0.29, 0.717) is 50.9 Å². The van der Waals surface area contributed by atoms with Gasteiger partial charge in [-0.15, -0.1) is 0 Å². The molecule has 3 aliphatic rings. The topological polar surface area (TPSA) is 87.3 Å². The molecule has 3 N–H and O–H groups in total. The smallest absolute Gasteiger partial charge is 0.251 e. The van der Waals surface area contributed by atoms with Gasteiger partial charge in [-0.05, 0) is 129 Å². The lowest BCUT2D eigenvalue weighted by molar-refractivity contribution is -0.122. The van der Waals surface area contributed by atoms with E-state index in [4.69, 9.17) is 0 Å². The summed E-state index contributed by atoms with van der Waals surface area (Å²) < 4.78 is 0. The fraction of sp³-hybridized carbons (Fsp3) is 0.786. The molecule has 0 aliphatic heterocycles. The summed E-state index contributed by atoms with van der Waals surface area (Å²) >= 11 is 0. The van der Waals surface area contributed by atoms with E-state index in [1.807, 2.05) is 6.07 Å². The Hall–Kier alpha value is -2.37. The largest absolute Gasteiger partial charge is 0.349 e. The summed E-state index contributed by atoms with van der Waals surface area (Å²) in [4.78, 5) is 40.8. The second kappa shape index (κ2) is 16.1. The number of carbonyl (C=O) groups is 3. The minimum absolute atomic E-state index is 0.0197. The highest BCUT2D eigenvalue weighted by molar-refractivity contribution is 6.01. The van der Waals surface area contributed by atoms with Crippen LogP contribution in [-0.4, -0.2) is 23.8 Å². The standard InChI is InChI=1S/C42H69N3O3/c1-10-40(4,5)31-17-13-28(14-18-31)37(46)44-35-25-30(39(48)43-34-23-21-33(22-24-34)42(8,9)12-3)26-36(27-35)45-38(47)29-15-19-32(20-16-29)41(6,7)11-2/h25-29,31-34H,10-24H2,1-9H3,(H,43,48)(H,44,46)(H,45,47)/t28-,29-,31+,32+,33-,34+. The Kier molecular flexibility index (Phi) is 12.9. The zero-order valence-corrected chi connectivity index (χ0v) is 32.0. The molecule has 3 saturated carbocycles. The van der Waals surface area contributed by atoms with Gasteiger partial charge in [0.05, 0.1) is 0 Å². The van der Waals surface area contributed by atoms with Crippen molar-refractivity contribution in [3.8, 4) is 0 Å². The number of amides is 3. The maximum atomic E-state index is 13.7. The van der Waals surface area contributed by atoms with E-state index in [2.05, 4.69) is 78.3 Å². The van der Waals surface area contributed by atoms with Gasteiger partial charge in [0.1, 0.15) is 0 Å². The van der Waals surface area contributed by atoms with E-state index in [-0.39, 0.29) is 35.6 Å². The van der Waals surface area contributed by atoms with Crippen molar-refractivity contribution in [2.75, 3.05) is 10.6 Å². The zero-order valence-electron chi connectivity index (χ0n) is 32.0. The lowest BCUT2D eigenvalue weighted by Gasteiger charge is -2.39. The maximum Gasteiger partial charge on any atom is 0.251 e. The molecule has 0 heterocycles. The Morgan fingerprint density at radius 3 is 1.21 bits per heavy atom. The van der Waals surface area contributed by atoms with Gasteiger partial charge in [-0.2, -0.15) is 0 Å². The minimum Gasteiger partial charge on any atom is -0.349 e. The molecule has 0 bridgehead atoms. The molecular formula is C42H69N3O3. The predicted molar refractivity (Wildman–Crippen MR) is 200 cm³/mol. The van der Waals surface area contributed by atoms with Gasteiger partial charge in [0.15, 0.2) is 0 Å². The average Bonchev–Trinajstić information content (AvgIpc) is 3.08. The molecule has 270 valence electrons. The molecule has 48 heavy (non-hydrogen) atoms. The lowest BCUT2D eigenvalue weighted by atomic mass is 9.67. The van der Waals surface area contributed by atoms with Crippen molar-refractivity contribution >= 4 is 29.1 Å². The van der Waals surface area contributed by atoms with Gasteiger partial charge in [-0.1, -0.05) is 81.6 Å². The summed E-state index contributed by atoms with van der Waals surface area (Å²) in [6.45, 7) is 20.9. The summed E-state index contributed by atoms with van der Waals surface area (Å²) in [7, 11) is 0. The quantitative estimate of drug-likeness (QED) is 0.208. The van der Waals surface area contributed by atoms with Crippen LogP contribution in [0, 0.1) is 45.8 Å². The zero-order chi connectivity index (χ0) is 35.3. The molecule has 0 spiro atoms. The monoisotopic (exact) mass is 664 g/mol. The normalized spacial score (nSPS) is 27.2. The minimum atomic E-state index is -0.135. The molecule has 3 aliphatic carbocycles. The summed E-state index contributed by atoms with van der Waals surface area (Å²) in [6.07, 6.45) is 15.5. The maximum absolute atomic E-state index is 13.7. The van der Waals surface area contributed by atoms with Crippen LogP contribution in [0.1, 0.15) is 169 Å². The van der Waals surface area contributed by atoms with E-state index >= 15 is 0 Å².